The molecule has 1 heterocycles. The largest absolute Gasteiger partial charge is 0.260 e. The van der Waals surface area contributed by atoms with E-state index in [-0.39, 0.29) is 0 Å². The Morgan fingerprint density at radius 2 is 1.64 bits per heavy atom. The smallest absolute Gasteiger partial charge is 0.101 e. The first kappa shape index (κ1) is 18.4. The second-order valence-electron chi connectivity index (χ2n) is 8.47. The van der Waals surface area contributed by atoms with E-state index in [1.54, 1.807) is 6.20 Å². The lowest BCUT2D eigenvalue weighted by atomic mass is 9.68. The molecule has 0 atom stereocenters. The lowest BCUT2D eigenvalue weighted by Gasteiger charge is -2.37. The number of hydrogen-bond donors (Lipinski definition) is 0. The zero-order chi connectivity index (χ0) is 17.5. The van der Waals surface area contributed by atoms with Crippen molar-refractivity contribution in [2.24, 2.45) is 17.8 Å². The molecule has 0 unspecified atom stereocenters. The highest BCUT2D eigenvalue weighted by atomic mass is 14.7. The molecule has 0 N–H and O–H groups in total. The minimum Gasteiger partial charge on any atom is -0.260 e. The van der Waals surface area contributed by atoms with Gasteiger partial charge in [-0.05, 0) is 68.4 Å². The summed E-state index contributed by atoms with van der Waals surface area (Å²) in [5.74, 6) is 3.61. The summed E-state index contributed by atoms with van der Waals surface area (Å²) in [4.78, 5) is 4.53. The Morgan fingerprint density at radius 1 is 0.960 bits per heavy atom. The van der Waals surface area contributed by atoms with Crippen LogP contribution in [0.3, 0.4) is 0 Å². The van der Waals surface area contributed by atoms with Crippen molar-refractivity contribution in [3.05, 3.63) is 29.6 Å². The first-order valence-corrected chi connectivity index (χ1v) is 10.7. The zero-order valence-corrected chi connectivity index (χ0v) is 15.9. The van der Waals surface area contributed by atoms with Crippen LogP contribution in [-0.4, -0.2) is 4.98 Å². The highest BCUT2D eigenvalue weighted by molar-refractivity contribution is 5.27. The minimum atomic E-state index is 0.620. The van der Waals surface area contributed by atoms with Gasteiger partial charge in [-0.15, -0.1) is 0 Å². The van der Waals surface area contributed by atoms with Crippen LogP contribution in [0.25, 0.3) is 0 Å². The van der Waals surface area contributed by atoms with Gasteiger partial charge < -0.3 is 0 Å². The van der Waals surface area contributed by atoms with E-state index < -0.39 is 0 Å². The van der Waals surface area contributed by atoms with E-state index in [1.165, 1.54) is 82.7 Å². The van der Waals surface area contributed by atoms with E-state index >= 15 is 0 Å². The maximum Gasteiger partial charge on any atom is 0.101 e. The molecule has 25 heavy (non-hydrogen) atoms. The fourth-order valence-corrected chi connectivity index (χ4v) is 5.23. The molecule has 0 amide bonds. The van der Waals surface area contributed by atoms with E-state index in [4.69, 9.17) is 5.26 Å². The van der Waals surface area contributed by atoms with Gasteiger partial charge in [-0.1, -0.05) is 45.4 Å². The summed E-state index contributed by atoms with van der Waals surface area (Å²) in [6.07, 6.45) is 18.8. The Labute approximate surface area is 154 Å². The summed E-state index contributed by atoms with van der Waals surface area (Å²) < 4.78 is 0. The molecule has 0 bridgehead atoms. The van der Waals surface area contributed by atoms with Crippen molar-refractivity contribution in [2.45, 2.75) is 89.9 Å². The third-order valence-corrected chi connectivity index (χ3v) is 6.88. The first-order valence-electron chi connectivity index (χ1n) is 10.7. The van der Waals surface area contributed by atoms with Gasteiger partial charge in [0.05, 0.1) is 5.56 Å². The predicted molar refractivity (Wildman–Crippen MR) is 103 cm³/mol. The topological polar surface area (TPSA) is 36.7 Å². The number of pyridine rings is 1. The molecule has 2 fully saturated rings. The summed E-state index contributed by atoms with van der Waals surface area (Å²) in [6, 6.07) is 6.16. The summed E-state index contributed by atoms with van der Waals surface area (Å²) in [6.45, 7) is 2.31. The summed E-state index contributed by atoms with van der Waals surface area (Å²) in [5, 5.41) is 8.91. The summed E-state index contributed by atoms with van der Waals surface area (Å²) in [7, 11) is 0. The Bertz CT molecular complexity index is 540. The van der Waals surface area contributed by atoms with Crippen molar-refractivity contribution in [1.82, 2.24) is 4.98 Å². The molecule has 2 heteroatoms. The van der Waals surface area contributed by atoms with Crippen LogP contribution in [0.4, 0.5) is 0 Å². The zero-order valence-electron chi connectivity index (χ0n) is 15.9. The molecule has 0 aromatic carbocycles. The molecule has 0 saturated heterocycles. The van der Waals surface area contributed by atoms with Crippen LogP contribution in [0.2, 0.25) is 0 Å². The molecule has 2 aliphatic rings. The molecule has 2 saturated carbocycles. The standard InChI is InChI=1S/C23H34N2/c1-2-3-4-5-18-6-9-20(10-7-18)21-11-13-22(14-12-21)23-15-8-19(16-24)17-25-23/h8,15,17-18,20-22H,2-7,9-14H2,1H3. The fourth-order valence-electron chi connectivity index (χ4n) is 5.23. The van der Waals surface area contributed by atoms with Crippen LogP contribution in [0.15, 0.2) is 18.3 Å². The van der Waals surface area contributed by atoms with Crippen molar-refractivity contribution in [3.8, 4) is 6.07 Å². The first-order chi connectivity index (χ1) is 12.3. The average Bonchev–Trinajstić information content (AvgIpc) is 2.69. The van der Waals surface area contributed by atoms with Crippen molar-refractivity contribution in [2.75, 3.05) is 0 Å². The summed E-state index contributed by atoms with van der Waals surface area (Å²) >= 11 is 0. The lowest BCUT2D eigenvalue weighted by molar-refractivity contribution is 0.155. The highest BCUT2D eigenvalue weighted by Gasteiger charge is 2.31. The normalized spacial score (nSPS) is 29.9. The van der Waals surface area contributed by atoms with Gasteiger partial charge in [-0.3, -0.25) is 4.98 Å². The maximum absolute atomic E-state index is 8.91. The van der Waals surface area contributed by atoms with Crippen molar-refractivity contribution in [3.63, 3.8) is 0 Å². The molecule has 1 aromatic rings. The molecule has 136 valence electrons. The van der Waals surface area contributed by atoms with E-state index in [2.05, 4.69) is 24.0 Å². The van der Waals surface area contributed by atoms with Crippen LogP contribution in [-0.2, 0) is 0 Å². The molecular weight excluding hydrogens is 304 g/mol. The van der Waals surface area contributed by atoms with Crippen LogP contribution in [0.5, 0.6) is 0 Å². The van der Waals surface area contributed by atoms with E-state index in [9.17, 15) is 0 Å². The maximum atomic E-state index is 8.91. The number of nitrogens with zero attached hydrogens (tertiary/aromatic N) is 2. The molecule has 1 aromatic heterocycles. The molecule has 0 spiro atoms. The number of unbranched alkanes of at least 4 members (excludes halogenated alkanes) is 2. The fraction of sp³-hybridized carbons (Fsp3) is 0.739. The number of rotatable bonds is 6. The summed E-state index contributed by atoms with van der Waals surface area (Å²) in [5.41, 5.74) is 1.88. The monoisotopic (exact) mass is 338 g/mol. The van der Waals surface area contributed by atoms with Crippen molar-refractivity contribution < 1.29 is 0 Å². The van der Waals surface area contributed by atoms with Gasteiger partial charge in [0.25, 0.3) is 0 Å². The highest BCUT2D eigenvalue weighted by Crippen LogP contribution is 2.44. The molecule has 0 aliphatic heterocycles. The average molecular weight is 339 g/mol. The van der Waals surface area contributed by atoms with Crippen molar-refractivity contribution >= 4 is 0 Å². The van der Waals surface area contributed by atoms with Gasteiger partial charge in [0.2, 0.25) is 0 Å². The SMILES string of the molecule is CCCCCC1CCC(C2CCC(c3ccc(C#N)cn3)CC2)CC1. The van der Waals surface area contributed by atoms with Crippen molar-refractivity contribution in [1.29, 1.82) is 5.26 Å². The van der Waals surface area contributed by atoms with E-state index in [0.29, 0.717) is 11.5 Å². The van der Waals surface area contributed by atoms with Crippen LogP contribution in [0, 0.1) is 29.1 Å². The van der Waals surface area contributed by atoms with E-state index in [0.717, 1.165) is 17.8 Å². The minimum absolute atomic E-state index is 0.620. The van der Waals surface area contributed by atoms with Crippen LogP contribution in [0.1, 0.15) is 101 Å². The second-order valence-corrected chi connectivity index (χ2v) is 8.47. The third kappa shape index (κ3) is 5.06. The van der Waals surface area contributed by atoms with Crippen LogP contribution >= 0.6 is 0 Å². The Balaban J connectivity index is 1.41. The molecule has 0 radical (unpaired) electrons. The van der Waals surface area contributed by atoms with Gasteiger partial charge in [0.15, 0.2) is 0 Å². The Hall–Kier alpha value is -1.36. The van der Waals surface area contributed by atoms with E-state index in [1.807, 2.05) is 6.07 Å². The molecular formula is C23H34N2. The second kappa shape index (κ2) is 9.37. The van der Waals surface area contributed by atoms with Gasteiger partial charge in [0.1, 0.15) is 6.07 Å². The van der Waals surface area contributed by atoms with Gasteiger partial charge in [0, 0.05) is 17.8 Å². The van der Waals surface area contributed by atoms with Gasteiger partial charge in [-0.25, -0.2) is 0 Å². The lowest BCUT2D eigenvalue weighted by Crippen LogP contribution is -2.25. The number of hydrogen-bond acceptors (Lipinski definition) is 2. The Morgan fingerprint density at radius 3 is 2.20 bits per heavy atom. The third-order valence-electron chi connectivity index (χ3n) is 6.88. The molecule has 2 aliphatic carbocycles. The predicted octanol–water partition coefficient (Wildman–Crippen LogP) is 6.61. The molecule has 2 nitrogen and oxygen atoms in total. The van der Waals surface area contributed by atoms with Gasteiger partial charge in [-0.2, -0.15) is 5.26 Å². The quantitative estimate of drug-likeness (QED) is 0.547. The Kier molecular flexibility index (Phi) is 6.91. The van der Waals surface area contributed by atoms with Gasteiger partial charge >= 0.3 is 0 Å². The number of nitriles is 1. The number of aromatic nitrogens is 1. The van der Waals surface area contributed by atoms with Crippen LogP contribution < -0.4 is 0 Å². The molecule has 3 rings (SSSR count).